The molecular formula is C14H10NO2+. The van der Waals surface area contributed by atoms with Crippen LogP contribution in [-0.2, 0) is 0 Å². The Morgan fingerprint density at radius 3 is 2.76 bits per heavy atom. The summed E-state index contributed by atoms with van der Waals surface area (Å²) in [5.41, 5.74) is 1.17. The number of benzene rings is 1. The number of aromatic nitrogens is 1. The lowest BCUT2D eigenvalue weighted by Gasteiger charge is -2.00. The summed E-state index contributed by atoms with van der Waals surface area (Å²) < 4.78 is 12.9. The Morgan fingerprint density at radius 2 is 1.82 bits per heavy atom. The molecule has 3 aromatic rings. The van der Waals surface area contributed by atoms with Crippen LogP contribution in [0.15, 0.2) is 48.8 Å². The standard InChI is InChI=1S/C14H10NO2/c1-2-5-15-6-4-10-7-13-14(17-9-16-13)8-11(10)12(15)3-1/h1-8H,9H2/q+1. The average Bonchev–Trinajstić information content (AvgIpc) is 2.83. The van der Waals surface area contributed by atoms with E-state index in [1.165, 1.54) is 16.3 Å². The van der Waals surface area contributed by atoms with E-state index in [4.69, 9.17) is 9.47 Å². The predicted molar refractivity (Wildman–Crippen MR) is 63.2 cm³/mol. The second-order valence-corrected chi connectivity index (χ2v) is 4.10. The summed E-state index contributed by atoms with van der Waals surface area (Å²) in [4.78, 5) is 0. The van der Waals surface area contributed by atoms with Crippen LogP contribution in [0.3, 0.4) is 0 Å². The third kappa shape index (κ3) is 1.19. The minimum absolute atomic E-state index is 0.316. The van der Waals surface area contributed by atoms with Crippen molar-refractivity contribution in [3.63, 3.8) is 0 Å². The summed E-state index contributed by atoms with van der Waals surface area (Å²) in [6.45, 7) is 0.316. The number of fused-ring (bicyclic) bond motifs is 4. The Labute approximate surface area is 97.8 Å². The number of nitrogens with zero attached hydrogens (tertiary/aromatic N) is 1. The van der Waals surface area contributed by atoms with Gasteiger partial charge in [-0.25, -0.2) is 0 Å². The monoisotopic (exact) mass is 224 g/mol. The molecule has 0 fully saturated rings. The summed E-state index contributed by atoms with van der Waals surface area (Å²) in [6, 6.07) is 12.3. The van der Waals surface area contributed by atoms with Gasteiger partial charge >= 0.3 is 0 Å². The van der Waals surface area contributed by atoms with Crippen LogP contribution in [0.1, 0.15) is 0 Å². The second kappa shape index (κ2) is 3.10. The van der Waals surface area contributed by atoms with Crippen molar-refractivity contribution < 1.29 is 13.9 Å². The van der Waals surface area contributed by atoms with Gasteiger partial charge in [0.05, 0.1) is 5.39 Å². The second-order valence-electron chi connectivity index (χ2n) is 4.10. The molecule has 0 aliphatic carbocycles. The van der Waals surface area contributed by atoms with Crippen LogP contribution < -0.4 is 13.9 Å². The van der Waals surface area contributed by atoms with E-state index in [-0.39, 0.29) is 0 Å². The number of hydrogen-bond acceptors (Lipinski definition) is 2. The third-order valence-electron chi connectivity index (χ3n) is 3.13. The van der Waals surface area contributed by atoms with Crippen molar-refractivity contribution in [3.8, 4) is 11.5 Å². The topological polar surface area (TPSA) is 22.6 Å². The van der Waals surface area contributed by atoms with Gasteiger partial charge in [0.25, 0.3) is 0 Å². The zero-order valence-electron chi connectivity index (χ0n) is 9.09. The molecule has 0 saturated heterocycles. The maximum absolute atomic E-state index is 5.42. The molecule has 0 atom stereocenters. The van der Waals surface area contributed by atoms with Crippen molar-refractivity contribution in [3.05, 3.63) is 48.8 Å². The molecule has 1 aliphatic heterocycles. The molecule has 2 aromatic heterocycles. The molecule has 82 valence electrons. The number of ether oxygens (including phenoxy) is 2. The van der Waals surface area contributed by atoms with Gasteiger partial charge < -0.3 is 9.47 Å². The van der Waals surface area contributed by atoms with Crippen LogP contribution in [-0.4, -0.2) is 6.79 Å². The van der Waals surface area contributed by atoms with Crippen LogP contribution in [0.4, 0.5) is 0 Å². The third-order valence-corrected chi connectivity index (χ3v) is 3.13. The fourth-order valence-corrected chi connectivity index (χ4v) is 2.29. The Hall–Kier alpha value is -2.29. The molecule has 0 bridgehead atoms. The molecule has 3 heterocycles. The first-order valence-electron chi connectivity index (χ1n) is 5.54. The number of rotatable bonds is 0. The molecule has 0 spiro atoms. The quantitative estimate of drug-likeness (QED) is 0.432. The lowest BCUT2D eigenvalue weighted by Crippen LogP contribution is -2.19. The van der Waals surface area contributed by atoms with E-state index in [0.29, 0.717) is 6.79 Å². The minimum atomic E-state index is 0.316. The van der Waals surface area contributed by atoms with Gasteiger partial charge in [0.15, 0.2) is 23.9 Å². The highest BCUT2D eigenvalue weighted by Crippen LogP contribution is 2.36. The van der Waals surface area contributed by atoms with Crippen molar-refractivity contribution in [2.24, 2.45) is 0 Å². The summed E-state index contributed by atoms with van der Waals surface area (Å²) >= 11 is 0. The zero-order chi connectivity index (χ0) is 11.2. The molecule has 1 aliphatic rings. The van der Waals surface area contributed by atoms with Gasteiger partial charge in [0.1, 0.15) is 0 Å². The van der Waals surface area contributed by atoms with Crippen LogP contribution in [0.5, 0.6) is 11.5 Å². The first-order valence-corrected chi connectivity index (χ1v) is 5.54. The largest absolute Gasteiger partial charge is 0.454 e. The van der Waals surface area contributed by atoms with Crippen LogP contribution in [0, 0.1) is 0 Å². The van der Waals surface area contributed by atoms with Gasteiger partial charge in [-0.15, -0.1) is 0 Å². The van der Waals surface area contributed by atoms with Crippen molar-refractivity contribution >= 4 is 16.3 Å². The average molecular weight is 224 g/mol. The maximum Gasteiger partial charge on any atom is 0.231 e. The molecule has 3 heteroatoms. The molecule has 0 unspecified atom stereocenters. The van der Waals surface area contributed by atoms with Crippen LogP contribution >= 0.6 is 0 Å². The highest BCUT2D eigenvalue weighted by Gasteiger charge is 2.16. The molecule has 0 N–H and O–H groups in total. The van der Waals surface area contributed by atoms with Gasteiger partial charge in [-0.1, -0.05) is 0 Å². The van der Waals surface area contributed by atoms with E-state index in [1.54, 1.807) is 0 Å². The fourth-order valence-electron chi connectivity index (χ4n) is 2.29. The van der Waals surface area contributed by atoms with Crippen LogP contribution in [0.25, 0.3) is 16.3 Å². The molecular weight excluding hydrogens is 214 g/mol. The van der Waals surface area contributed by atoms with E-state index < -0.39 is 0 Å². The predicted octanol–water partition coefficient (Wildman–Crippen LogP) is 2.31. The van der Waals surface area contributed by atoms with E-state index in [1.807, 2.05) is 30.5 Å². The van der Waals surface area contributed by atoms with Gasteiger partial charge in [-0.05, 0) is 23.6 Å². The van der Waals surface area contributed by atoms with E-state index in [9.17, 15) is 0 Å². The van der Waals surface area contributed by atoms with E-state index in [0.717, 1.165) is 11.5 Å². The Balaban J connectivity index is 2.19. The summed E-state index contributed by atoms with van der Waals surface area (Å²) in [5, 5.41) is 2.35. The number of hydrogen-bond donors (Lipinski definition) is 0. The van der Waals surface area contributed by atoms with Crippen molar-refractivity contribution in [2.75, 3.05) is 6.79 Å². The highest BCUT2D eigenvalue weighted by atomic mass is 16.7. The summed E-state index contributed by atoms with van der Waals surface area (Å²) in [7, 11) is 0. The number of pyridine rings is 2. The molecule has 0 saturated carbocycles. The molecule has 0 amide bonds. The molecule has 0 radical (unpaired) electrons. The van der Waals surface area contributed by atoms with Gasteiger partial charge in [0.2, 0.25) is 12.3 Å². The first kappa shape index (κ1) is 8.82. The molecule has 3 nitrogen and oxygen atoms in total. The van der Waals surface area contributed by atoms with Gasteiger partial charge in [-0.2, -0.15) is 4.40 Å². The molecule has 17 heavy (non-hydrogen) atoms. The van der Waals surface area contributed by atoms with E-state index >= 15 is 0 Å². The lowest BCUT2D eigenvalue weighted by atomic mass is 10.1. The summed E-state index contributed by atoms with van der Waals surface area (Å²) in [6.07, 6.45) is 4.10. The molecule has 4 rings (SSSR count). The Kier molecular flexibility index (Phi) is 1.61. The van der Waals surface area contributed by atoms with Crippen molar-refractivity contribution in [2.45, 2.75) is 0 Å². The van der Waals surface area contributed by atoms with Crippen LogP contribution in [0.2, 0.25) is 0 Å². The zero-order valence-corrected chi connectivity index (χ0v) is 9.09. The molecule has 1 aromatic carbocycles. The van der Waals surface area contributed by atoms with Gasteiger partial charge in [-0.3, -0.25) is 0 Å². The van der Waals surface area contributed by atoms with Crippen molar-refractivity contribution in [1.29, 1.82) is 0 Å². The fraction of sp³-hybridized carbons (Fsp3) is 0.0714. The van der Waals surface area contributed by atoms with E-state index in [2.05, 4.69) is 22.7 Å². The summed E-state index contributed by atoms with van der Waals surface area (Å²) in [5.74, 6) is 1.66. The SMILES string of the molecule is c1cc[n+]2ccc3cc4c(cc3c2c1)OCO4. The normalized spacial score (nSPS) is 13.4. The van der Waals surface area contributed by atoms with Crippen molar-refractivity contribution in [1.82, 2.24) is 0 Å². The maximum atomic E-state index is 5.42. The van der Waals surface area contributed by atoms with Gasteiger partial charge in [0, 0.05) is 18.2 Å². The lowest BCUT2D eigenvalue weighted by molar-refractivity contribution is -0.510. The smallest absolute Gasteiger partial charge is 0.231 e. The first-order chi connectivity index (χ1) is 8.42. The minimum Gasteiger partial charge on any atom is -0.454 e. The Morgan fingerprint density at radius 1 is 0.941 bits per heavy atom. The Bertz CT molecular complexity index is 737. The highest BCUT2D eigenvalue weighted by molar-refractivity contribution is 5.95.